The summed E-state index contributed by atoms with van der Waals surface area (Å²) in [6.45, 7) is 4.13. The molecule has 0 aromatic carbocycles. The van der Waals surface area contributed by atoms with Gasteiger partial charge in [0.25, 0.3) is 5.91 Å². The maximum atomic E-state index is 11.8. The van der Waals surface area contributed by atoms with Gasteiger partial charge in [-0.25, -0.2) is 0 Å². The van der Waals surface area contributed by atoms with E-state index in [2.05, 4.69) is 35.1 Å². The van der Waals surface area contributed by atoms with Crippen molar-refractivity contribution in [1.82, 2.24) is 5.32 Å². The summed E-state index contributed by atoms with van der Waals surface area (Å²) < 4.78 is 5.05. The van der Waals surface area contributed by atoms with Gasteiger partial charge in [0.05, 0.1) is 6.26 Å². The Morgan fingerprint density at radius 2 is 2.20 bits per heavy atom. The number of alkyl halides is 1. The molecule has 0 radical (unpaired) electrons. The molecule has 1 amide bonds. The molecule has 0 saturated heterocycles. The van der Waals surface area contributed by atoms with Crippen LogP contribution in [0.2, 0.25) is 0 Å². The van der Waals surface area contributed by atoms with E-state index >= 15 is 0 Å². The minimum absolute atomic E-state index is 0.150. The molecule has 1 rings (SSSR count). The number of nitrogens with one attached hydrogen (secondary N) is 1. The van der Waals surface area contributed by atoms with Crippen LogP contribution in [0.5, 0.6) is 0 Å². The Labute approximate surface area is 98.4 Å². The van der Waals surface area contributed by atoms with Crippen molar-refractivity contribution >= 4 is 21.8 Å². The van der Waals surface area contributed by atoms with Crippen LogP contribution in [-0.4, -0.2) is 16.8 Å². The van der Waals surface area contributed by atoms with Gasteiger partial charge in [-0.2, -0.15) is 0 Å². The van der Waals surface area contributed by atoms with Crippen molar-refractivity contribution in [3.63, 3.8) is 0 Å². The van der Waals surface area contributed by atoms with E-state index < -0.39 is 0 Å². The molecule has 0 atom stereocenters. The number of hydrogen-bond donors (Lipinski definition) is 1. The van der Waals surface area contributed by atoms with Crippen LogP contribution < -0.4 is 5.32 Å². The van der Waals surface area contributed by atoms with Crippen molar-refractivity contribution < 1.29 is 9.21 Å². The van der Waals surface area contributed by atoms with E-state index in [1.54, 1.807) is 12.1 Å². The second-order valence-corrected chi connectivity index (χ2v) is 4.11. The molecule has 0 saturated carbocycles. The van der Waals surface area contributed by atoms with Crippen molar-refractivity contribution in [2.45, 2.75) is 32.2 Å². The van der Waals surface area contributed by atoms with Crippen LogP contribution in [0.15, 0.2) is 22.8 Å². The van der Waals surface area contributed by atoms with Crippen LogP contribution in [0.25, 0.3) is 0 Å². The molecule has 0 spiro atoms. The lowest BCUT2D eigenvalue weighted by molar-refractivity contribution is 0.0875. The maximum absolute atomic E-state index is 11.8. The zero-order chi connectivity index (χ0) is 11.3. The summed E-state index contributed by atoms with van der Waals surface area (Å²) in [5.41, 5.74) is -0.177. The molecular weight excluding hydrogens is 258 g/mol. The summed E-state index contributed by atoms with van der Waals surface area (Å²) in [5, 5.41) is 3.75. The van der Waals surface area contributed by atoms with Gasteiger partial charge in [-0.15, -0.1) is 0 Å². The highest BCUT2D eigenvalue weighted by molar-refractivity contribution is 9.09. The van der Waals surface area contributed by atoms with Gasteiger partial charge >= 0.3 is 0 Å². The van der Waals surface area contributed by atoms with Gasteiger partial charge in [0.15, 0.2) is 5.76 Å². The van der Waals surface area contributed by atoms with E-state index in [9.17, 15) is 4.79 Å². The summed E-state index contributed by atoms with van der Waals surface area (Å²) in [5.74, 6) is 0.213. The molecular formula is C11H16BrNO2. The van der Waals surface area contributed by atoms with Crippen LogP contribution in [0.4, 0.5) is 0 Å². The van der Waals surface area contributed by atoms with Gasteiger partial charge in [0.2, 0.25) is 0 Å². The van der Waals surface area contributed by atoms with E-state index in [0.717, 1.165) is 18.2 Å². The van der Waals surface area contributed by atoms with E-state index in [4.69, 9.17) is 4.42 Å². The number of rotatable bonds is 5. The topological polar surface area (TPSA) is 42.2 Å². The first-order chi connectivity index (χ1) is 7.17. The first kappa shape index (κ1) is 12.3. The molecule has 0 fully saturated rings. The normalized spacial score (nSPS) is 11.4. The molecule has 0 bridgehead atoms. The van der Waals surface area contributed by atoms with Gasteiger partial charge in [-0.05, 0) is 25.0 Å². The number of hydrogen-bond acceptors (Lipinski definition) is 2. The second kappa shape index (κ2) is 5.35. The van der Waals surface area contributed by atoms with Gasteiger partial charge in [-0.3, -0.25) is 4.79 Å². The fourth-order valence-electron chi connectivity index (χ4n) is 1.36. The van der Waals surface area contributed by atoms with Crippen LogP contribution in [0.3, 0.4) is 0 Å². The Morgan fingerprint density at radius 3 is 2.60 bits per heavy atom. The Morgan fingerprint density at radius 1 is 1.53 bits per heavy atom. The molecule has 1 heterocycles. The van der Waals surface area contributed by atoms with Gasteiger partial charge < -0.3 is 9.73 Å². The maximum Gasteiger partial charge on any atom is 0.287 e. The fourth-order valence-corrected chi connectivity index (χ4v) is 2.29. The molecule has 0 unspecified atom stereocenters. The summed E-state index contributed by atoms with van der Waals surface area (Å²) in [4.78, 5) is 11.8. The molecule has 0 aliphatic heterocycles. The first-order valence-electron chi connectivity index (χ1n) is 5.09. The van der Waals surface area contributed by atoms with E-state index in [1.807, 2.05) is 0 Å². The largest absolute Gasteiger partial charge is 0.459 e. The third kappa shape index (κ3) is 2.84. The van der Waals surface area contributed by atoms with Crippen molar-refractivity contribution in [2.75, 3.05) is 5.33 Å². The molecule has 0 aliphatic carbocycles. The van der Waals surface area contributed by atoms with Crippen molar-refractivity contribution in [3.05, 3.63) is 24.2 Å². The standard InChI is InChI=1S/C11H16BrNO2/c1-3-11(4-2,8-12)13-10(14)9-6-5-7-15-9/h5-7H,3-4,8H2,1-2H3,(H,13,14). The zero-order valence-corrected chi connectivity index (χ0v) is 10.6. The number of amides is 1. The summed E-state index contributed by atoms with van der Waals surface area (Å²) in [6.07, 6.45) is 3.28. The number of furan rings is 1. The second-order valence-electron chi connectivity index (χ2n) is 3.55. The number of carbonyl (C=O) groups is 1. The Kier molecular flexibility index (Phi) is 4.39. The molecule has 1 aromatic rings. The van der Waals surface area contributed by atoms with Crippen LogP contribution >= 0.6 is 15.9 Å². The average Bonchev–Trinajstić information content (AvgIpc) is 2.79. The summed E-state index contributed by atoms with van der Waals surface area (Å²) in [6, 6.07) is 3.38. The third-order valence-corrected chi connectivity index (χ3v) is 3.81. The SMILES string of the molecule is CCC(CC)(CBr)NC(=O)c1ccco1. The van der Waals surface area contributed by atoms with Gasteiger partial charge in [-0.1, -0.05) is 29.8 Å². The van der Waals surface area contributed by atoms with Gasteiger partial charge in [0, 0.05) is 10.9 Å². The van der Waals surface area contributed by atoms with Crippen LogP contribution in [-0.2, 0) is 0 Å². The lowest BCUT2D eigenvalue weighted by Gasteiger charge is -2.30. The predicted molar refractivity (Wildman–Crippen MR) is 63.3 cm³/mol. The molecule has 4 heteroatoms. The Bertz CT molecular complexity index is 296. The molecule has 1 aromatic heterocycles. The van der Waals surface area contributed by atoms with E-state index in [1.165, 1.54) is 6.26 Å². The molecule has 15 heavy (non-hydrogen) atoms. The third-order valence-electron chi connectivity index (χ3n) is 2.73. The lowest BCUT2D eigenvalue weighted by Crippen LogP contribution is -2.49. The smallest absolute Gasteiger partial charge is 0.287 e. The quantitative estimate of drug-likeness (QED) is 0.839. The Hall–Kier alpha value is -0.770. The van der Waals surface area contributed by atoms with Crippen molar-refractivity contribution in [3.8, 4) is 0 Å². The van der Waals surface area contributed by atoms with Crippen LogP contribution in [0, 0.1) is 0 Å². The highest BCUT2D eigenvalue weighted by atomic mass is 79.9. The van der Waals surface area contributed by atoms with E-state index in [0.29, 0.717) is 5.76 Å². The fraction of sp³-hybridized carbons (Fsp3) is 0.545. The lowest BCUT2D eigenvalue weighted by atomic mass is 9.95. The number of halogens is 1. The molecule has 3 nitrogen and oxygen atoms in total. The minimum Gasteiger partial charge on any atom is -0.459 e. The monoisotopic (exact) mass is 273 g/mol. The average molecular weight is 274 g/mol. The highest BCUT2D eigenvalue weighted by Crippen LogP contribution is 2.18. The molecule has 1 N–H and O–H groups in total. The minimum atomic E-state index is -0.177. The van der Waals surface area contributed by atoms with Gasteiger partial charge in [0.1, 0.15) is 0 Å². The Balaban J connectivity index is 2.71. The van der Waals surface area contributed by atoms with Crippen LogP contribution in [0.1, 0.15) is 37.2 Å². The highest BCUT2D eigenvalue weighted by Gasteiger charge is 2.27. The van der Waals surface area contributed by atoms with E-state index in [-0.39, 0.29) is 11.4 Å². The number of carbonyl (C=O) groups excluding carboxylic acids is 1. The molecule has 84 valence electrons. The van der Waals surface area contributed by atoms with Crippen molar-refractivity contribution in [2.24, 2.45) is 0 Å². The van der Waals surface area contributed by atoms with Crippen molar-refractivity contribution in [1.29, 1.82) is 0 Å². The summed E-state index contributed by atoms with van der Waals surface area (Å²) in [7, 11) is 0. The first-order valence-corrected chi connectivity index (χ1v) is 6.21. The molecule has 0 aliphatic rings. The zero-order valence-electron chi connectivity index (χ0n) is 9.05. The predicted octanol–water partition coefficient (Wildman–Crippen LogP) is 2.96. The summed E-state index contributed by atoms with van der Waals surface area (Å²) >= 11 is 3.44.